The Labute approximate surface area is 116 Å². The van der Waals surface area contributed by atoms with Crippen molar-refractivity contribution in [2.24, 2.45) is 0 Å². The van der Waals surface area contributed by atoms with E-state index in [4.69, 9.17) is 11.6 Å². The van der Waals surface area contributed by atoms with E-state index in [1.165, 1.54) is 6.07 Å². The average molecular weight is 280 g/mol. The molecule has 2 aromatic rings. The third kappa shape index (κ3) is 2.61. The van der Waals surface area contributed by atoms with E-state index >= 15 is 0 Å². The predicted octanol–water partition coefficient (Wildman–Crippen LogP) is 3.56. The Hall–Kier alpha value is -1.88. The molecule has 1 heterocycles. The van der Waals surface area contributed by atoms with Gasteiger partial charge in [-0.15, -0.1) is 0 Å². The van der Waals surface area contributed by atoms with Crippen LogP contribution in [0.15, 0.2) is 24.3 Å². The number of rotatable bonds is 4. The molecule has 0 fully saturated rings. The van der Waals surface area contributed by atoms with Gasteiger partial charge in [-0.25, -0.2) is 4.68 Å². The molecular formula is C13H14ClN3O2. The fourth-order valence-electron chi connectivity index (χ4n) is 1.93. The molecule has 0 saturated carbocycles. The minimum atomic E-state index is -0.437. The SMILES string of the molecule is CCc1cc(CC)n(-c2ccc(Cl)cc2[N+](=O)[O-])n1. The molecule has 0 aliphatic rings. The van der Waals surface area contributed by atoms with Gasteiger partial charge in [0.25, 0.3) is 5.69 Å². The molecule has 0 radical (unpaired) electrons. The van der Waals surface area contributed by atoms with Crippen LogP contribution >= 0.6 is 11.6 Å². The van der Waals surface area contributed by atoms with Crippen molar-refractivity contribution >= 4 is 17.3 Å². The van der Waals surface area contributed by atoms with Gasteiger partial charge < -0.3 is 0 Å². The monoisotopic (exact) mass is 279 g/mol. The largest absolute Gasteiger partial charge is 0.296 e. The molecule has 0 N–H and O–H groups in total. The molecule has 100 valence electrons. The maximum atomic E-state index is 11.1. The van der Waals surface area contributed by atoms with Gasteiger partial charge >= 0.3 is 0 Å². The lowest BCUT2D eigenvalue weighted by atomic mass is 10.2. The zero-order valence-electron chi connectivity index (χ0n) is 10.8. The van der Waals surface area contributed by atoms with Crippen LogP contribution in [-0.4, -0.2) is 14.7 Å². The van der Waals surface area contributed by atoms with Crippen LogP contribution in [0, 0.1) is 10.1 Å². The maximum Gasteiger partial charge on any atom is 0.296 e. The number of aryl methyl sites for hydroxylation is 2. The summed E-state index contributed by atoms with van der Waals surface area (Å²) in [6.45, 7) is 4.00. The molecule has 6 heteroatoms. The van der Waals surface area contributed by atoms with Crippen molar-refractivity contribution in [3.63, 3.8) is 0 Å². The molecule has 0 aliphatic heterocycles. The smallest absolute Gasteiger partial charge is 0.258 e. The predicted molar refractivity (Wildman–Crippen MR) is 74.0 cm³/mol. The molecule has 19 heavy (non-hydrogen) atoms. The van der Waals surface area contributed by atoms with Crippen molar-refractivity contribution in [2.45, 2.75) is 26.7 Å². The Bertz CT molecular complexity index is 622. The van der Waals surface area contributed by atoms with Crippen LogP contribution < -0.4 is 0 Å². The number of nitro groups is 1. The lowest BCUT2D eigenvalue weighted by molar-refractivity contribution is -0.384. The molecule has 0 spiro atoms. The van der Waals surface area contributed by atoms with E-state index in [0.717, 1.165) is 24.2 Å². The summed E-state index contributed by atoms with van der Waals surface area (Å²) in [6.07, 6.45) is 1.55. The summed E-state index contributed by atoms with van der Waals surface area (Å²) in [5, 5.41) is 15.9. The van der Waals surface area contributed by atoms with Crippen LogP contribution in [0.4, 0.5) is 5.69 Å². The van der Waals surface area contributed by atoms with Gasteiger partial charge in [-0.05, 0) is 31.0 Å². The van der Waals surface area contributed by atoms with E-state index in [-0.39, 0.29) is 5.69 Å². The first-order valence-corrected chi connectivity index (χ1v) is 6.46. The minimum Gasteiger partial charge on any atom is -0.258 e. The molecule has 5 nitrogen and oxygen atoms in total. The molecule has 0 saturated heterocycles. The summed E-state index contributed by atoms with van der Waals surface area (Å²) < 4.78 is 1.63. The van der Waals surface area contributed by atoms with Crippen molar-refractivity contribution in [1.29, 1.82) is 0 Å². The lowest BCUT2D eigenvalue weighted by Gasteiger charge is -2.06. The van der Waals surface area contributed by atoms with Gasteiger partial charge in [0.2, 0.25) is 0 Å². The molecule has 2 rings (SSSR count). The zero-order chi connectivity index (χ0) is 14.0. The van der Waals surface area contributed by atoms with Crippen LogP contribution in [0.2, 0.25) is 5.02 Å². The molecular weight excluding hydrogens is 266 g/mol. The molecule has 0 unspecified atom stereocenters. The lowest BCUT2D eigenvalue weighted by Crippen LogP contribution is -2.05. The minimum absolute atomic E-state index is 0.0343. The van der Waals surface area contributed by atoms with Gasteiger partial charge in [-0.1, -0.05) is 25.4 Å². The summed E-state index contributed by atoms with van der Waals surface area (Å²) >= 11 is 5.82. The maximum absolute atomic E-state index is 11.1. The second-order valence-electron chi connectivity index (χ2n) is 4.14. The van der Waals surface area contributed by atoms with Crippen molar-refractivity contribution < 1.29 is 4.92 Å². The quantitative estimate of drug-likeness (QED) is 0.635. The topological polar surface area (TPSA) is 61.0 Å². The molecule has 0 aliphatic carbocycles. The Kier molecular flexibility index (Phi) is 3.85. The van der Waals surface area contributed by atoms with E-state index in [0.29, 0.717) is 10.7 Å². The van der Waals surface area contributed by atoms with E-state index in [9.17, 15) is 10.1 Å². The van der Waals surface area contributed by atoms with Crippen molar-refractivity contribution in [2.75, 3.05) is 0 Å². The second-order valence-corrected chi connectivity index (χ2v) is 4.57. The first-order valence-electron chi connectivity index (χ1n) is 6.09. The van der Waals surface area contributed by atoms with Gasteiger partial charge in [0.1, 0.15) is 5.69 Å². The van der Waals surface area contributed by atoms with Crippen molar-refractivity contribution in [3.05, 3.63) is 50.8 Å². The highest BCUT2D eigenvalue weighted by molar-refractivity contribution is 6.30. The fraction of sp³-hybridized carbons (Fsp3) is 0.308. The number of hydrogen-bond donors (Lipinski definition) is 0. The highest BCUT2D eigenvalue weighted by Gasteiger charge is 2.19. The van der Waals surface area contributed by atoms with Gasteiger partial charge in [-0.3, -0.25) is 10.1 Å². The van der Waals surface area contributed by atoms with Crippen LogP contribution in [0.25, 0.3) is 5.69 Å². The summed E-state index contributed by atoms with van der Waals surface area (Å²) in [5.74, 6) is 0. The average Bonchev–Trinajstić information content (AvgIpc) is 2.81. The highest BCUT2D eigenvalue weighted by atomic mass is 35.5. The molecule has 0 bridgehead atoms. The molecule has 0 amide bonds. The third-order valence-corrected chi connectivity index (χ3v) is 3.16. The van der Waals surface area contributed by atoms with Gasteiger partial charge in [0, 0.05) is 16.8 Å². The van der Waals surface area contributed by atoms with Crippen molar-refractivity contribution in [1.82, 2.24) is 9.78 Å². The van der Waals surface area contributed by atoms with Gasteiger partial charge in [-0.2, -0.15) is 5.10 Å². The van der Waals surface area contributed by atoms with Gasteiger partial charge in [0.05, 0.1) is 10.6 Å². The number of halogens is 1. The molecule has 1 aromatic heterocycles. The highest BCUT2D eigenvalue weighted by Crippen LogP contribution is 2.27. The Morgan fingerprint density at radius 1 is 1.32 bits per heavy atom. The van der Waals surface area contributed by atoms with E-state index in [2.05, 4.69) is 5.10 Å². The molecule has 1 aromatic carbocycles. The normalized spacial score (nSPS) is 10.7. The third-order valence-electron chi connectivity index (χ3n) is 2.92. The van der Waals surface area contributed by atoms with Gasteiger partial charge in [0.15, 0.2) is 0 Å². The van der Waals surface area contributed by atoms with Crippen LogP contribution in [0.5, 0.6) is 0 Å². The first kappa shape index (κ1) is 13.5. The standard InChI is InChI=1S/C13H14ClN3O2/c1-3-10-8-11(4-2)16(15-10)12-6-5-9(14)7-13(12)17(18)19/h5-8H,3-4H2,1-2H3. The molecule has 0 atom stereocenters. The Morgan fingerprint density at radius 3 is 2.63 bits per heavy atom. The van der Waals surface area contributed by atoms with E-state index < -0.39 is 4.92 Å². The summed E-state index contributed by atoms with van der Waals surface area (Å²) in [4.78, 5) is 10.7. The second kappa shape index (κ2) is 5.40. The van der Waals surface area contributed by atoms with Crippen LogP contribution in [0.3, 0.4) is 0 Å². The van der Waals surface area contributed by atoms with Crippen LogP contribution in [-0.2, 0) is 12.8 Å². The van der Waals surface area contributed by atoms with Crippen molar-refractivity contribution in [3.8, 4) is 5.69 Å². The number of nitrogens with zero attached hydrogens (tertiary/aromatic N) is 3. The Morgan fingerprint density at radius 2 is 2.05 bits per heavy atom. The first-order chi connectivity index (χ1) is 9.06. The van der Waals surface area contributed by atoms with E-state index in [1.54, 1.807) is 16.8 Å². The summed E-state index contributed by atoms with van der Waals surface area (Å²) in [5.41, 5.74) is 2.28. The number of nitro benzene ring substituents is 1. The summed E-state index contributed by atoms with van der Waals surface area (Å²) in [7, 11) is 0. The fourth-order valence-corrected chi connectivity index (χ4v) is 2.10. The number of hydrogen-bond acceptors (Lipinski definition) is 3. The van der Waals surface area contributed by atoms with Crippen LogP contribution in [0.1, 0.15) is 25.2 Å². The Balaban J connectivity index is 2.64. The zero-order valence-corrected chi connectivity index (χ0v) is 11.5. The number of benzene rings is 1. The number of aromatic nitrogens is 2. The van der Waals surface area contributed by atoms with E-state index in [1.807, 2.05) is 19.9 Å². The summed E-state index contributed by atoms with van der Waals surface area (Å²) in [6, 6.07) is 6.59.